The maximum Gasteiger partial charge on any atom is 0.332 e. The topological polar surface area (TPSA) is 96.3 Å². The van der Waals surface area contributed by atoms with Crippen LogP contribution in [-0.2, 0) is 22.7 Å². The number of rotatable bonds is 9. The zero-order valence-corrected chi connectivity index (χ0v) is 14.6. The van der Waals surface area contributed by atoms with Crippen molar-refractivity contribution in [3.63, 3.8) is 0 Å². The maximum atomic E-state index is 11.5. The number of carboxylic acids is 2. The molecular weight excluding hydrogens is 338 g/mol. The van der Waals surface area contributed by atoms with Gasteiger partial charge in [0.25, 0.3) is 0 Å². The van der Waals surface area contributed by atoms with Crippen molar-refractivity contribution in [3.8, 4) is 11.5 Å². The Kier molecular flexibility index (Phi) is 6.57. The zero-order chi connectivity index (χ0) is 19.1. The summed E-state index contributed by atoms with van der Waals surface area (Å²) in [6, 6.07) is 12.6. The fraction of sp³-hybridized carbons (Fsp3) is 0.263. The summed E-state index contributed by atoms with van der Waals surface area (Å²) in [5, 5.41) is 18.8. The van der Waals surface area contributed by atoms with Crippen molar-refractivity contribution in [2.75, 3.05) is 14.2 Å². The highest BCUT2D eigenvalue weighted by atomic mass is 16.5. The summed E-state index contributed by atoms with van der Waals surface area (Å²) in [4.78, 5) is 24.5. The molecule has 0 aliphatic carbocycles. The molecule has 0 aromatic heterocycles. The minimum Gasteiger partial charge on any atom is -0.497 e. The number of hydrogen-bond acceptors (Lipinski definition) is 5. The molecule has 0 radical (unpaired) electrons. The Bertz CT molecular complexity index is 748. The summed E-state index contributed by atoms with van der Waals surface area (Å²) in [5.74, 6) is -1.74. The molecule has 7 nitrogen and oxygen atoms in total. The number of benzene rings is 2. The summed E-state index contributed by atoms with van der Waals surface area (Å²) in [7, 11) is 3.02. The first kappa shape index (κ1) is 19.3. The fourth-order valence-corrected chi connectivity index (χ4v) is 2.68. The van der Waals surface area contributed by atoms with Crippen molar-refractivity contribution in [1.29, 1.82) is 0 Å². The monoisotopic (exact) mass is 359 g/mol. The molecular formula is C19H21NO6. The third kappa shape index (κ3) is 4.73. The van der Waals surface area contributed by atoms with Gasteiger partial charge in [0.05, 0.1) is 14.2 Å². The smallest absolute Gasteiger partial charge is 0.332 e. The van der Waals surface area contributed by atoms with E-state index in [-0.39, 0.29) is 13.1 Å². The molecule has 0 amide bonds. The molecule has 2 rings (SSSR count). The fourth-order valence-electron chi connectivity index (χ4n) is 2.68. The lowest BCUT2D eigenvalue weighted by atomic mass is 10.1. The molecule has 2 aromatic rings. The Morgan fingerprint density at radius 2 is 1.62 bits per heavy atom. The molecule has 26 heavy (non-hydrogen) atoms. The SMILES string of the molecule is COc1ccc(CN(Cc2ccccc2)C(C(=O)O)C(=O)O)c(OC)c1. The molecule has 0 saturated heterocycles. The molecule has 0 saturated carbocycles. The van der Waals surface area contributed by atoms with Crippen LogP contribution in [0, 0.1) is 0 Å². The van der Waals surface area contributed by atoms with E-state index in [1.807, 2.05) is 30.3 Å². The Hall–Kier alpha value is -3.06. The van der Waals surface area contributed by atoms with E-state index in [1.165, 1.54) is 19.1 Å². The van der Waals surface area contributed by atoms with E-state index in [0.717, 1.165) is 5.56 Å². The van der Waals surface area contributed by atoms with Crippen LogP contribution in [0.5, 0.6) is 11.5 Å². The molecule has 0 spiro atoms. The van der Waals surface area contributed by atoms with Crippen molar-refractivity contribution < 1.29 is 29.3 Å². The average Bonchev–Trinajstić information content (AvgIpc) is 2.62. The standard InChI is InChI=1S/C19H21NO6/c1-25-15-9-8-14(16(10-15)26-2)12-20(17(18(21)22)19(23)24)11-13-6-4-3-5-7-13/h3-10,17H,11-12H2,1-2H3,(H,21,22)(H,23,24). The average molecular weight is 359 g/mol. The van der Waals surface area contributed by atoms with Gasteiger partial charge in [0.15, 0.2) is 0 Å². The Morgan fingerprint density at radius 3 is 2.15 bits per heavy atom. The molecule has 0 aliphatic heterocycles. The van der Waals surface area contributed by atoms with Gasteiger partial charge in [0.1, 0.15) is 11.5 Å². The second-order valence-electron chi connectivity index (χ2n) is 5.65. The van der Waals surface area contributed by atoms with E-state index >= 15 is 0 Å². The summed E-state index contributed by atoms with van der Waals surface area (Å²) in [6.07, 6.45) is 0. The Balaban J connectivity index is 2.37. The van der Waals surface area contributed by atoms with Gasteiger partial charge in [-0.25, -0.2) is 9.59 Å². The lowest BCUT2D eigenvalue weighted by Crippen LogP contribution is -2.46. The van der Waals surface area contributed by atoms with Gasteiger partial charge in [-0.1, -0.05) is 36.4 Å². The lowest BCUT2D eigenvalue weighted by molar-refractivity contribution is -0.157. The van der Waals surface area contributed by atoms with Gasteiger partial charge in [0, 0.05) is 24.7 Å². The van der Waals surface area contributed by atoms with Gasteiger partial charge in [-0.2, -0.15) is 0 Å². The first-order chi connectivity index (χ1) is 12.5. The zero-order valence-electron chi connectivity index (χ0n) is 14.6. The normalized spacial score (nSPS) is 10.8. The van der Waals surface area contributed by atoms with Gasteiger partial charge >= 0.3 is 11.9 Å². The molecule has 0 unspecified atom stereocenters. The van der Waals surface area contributed by atoms with E-state index < -0.39 is 18.0 Å². The minimum atomic E-state index is -1.68. The van der Waals surface area contributed by atoms with Gasteiger partial charge < -0.3 is 19.7 Å². The molecule has 0 aliphatic rings. The molecule has 7 heteroatoms. The van der Waals surface area contributed by atoms with E-state index in [1.54, 1.807) is 18.2 Å². The van der Waals surface area contributed by atoms with Crippen LogP contribution < -0.4 is 9.47 Å². The number of carboxylic acid groups (broad SMARTS) is 2. The van der Waals surface area contributed by atoms with Crippen molar-refractivity contribution >= 4 is 11.9 Å². The van der Waals surface area contributed by atoms with Crippen molar-refractivity contribution in [1.82, 2.24) is 4.90 Å². The summed E-state index contributed by atoms with van der Waals surface area (Å²) < 4.78 is 10.5. The highest BCUT2D eigenvalue weighted by Gasteiger charge is 2.33. The third-order valence-corrected chi connectivity index (χ3v) is 3.93. The molecule has 0 fully saturated rings. The second kappa shape index (κ2) is 8.87. The van der Waals surface area contributed by atoms with Gasteiger partial charge in [-0.05, 0) is 11.6 Å². The molecule has 0 bridgehead atoms. The van der Waals surface area contributed by atoms with E-state index in [4.69, 9.17) is 9.47 Å². The molecule has 2 aromatic carbocycles. The number of carbonyl (C=O) groups is 2. The predicted molar refractivity (Wildman–Crippen MR) is 94.3 cm³/mol. The molecule has 2 N–H and O–H groups in total. The number of hydrogen-bond donors (Lipinski definition) is 2. The first-order valence-electron chi connectivity index (χ1n) is 7.90. The van der Waals surface area contributed by atoms with Crippen LogP contribution >= 0.6 is 0 Å². The number of methoxy groups -OCH3 is 2. The quantitative estimate of drug-likeness (QED) is 0.663. The second-order valence-corrected chi connectivity index (χ2v) is 5.65. The largest absolute Gasteiger partial charge is 0.497 e. The maximum absolute atomic E-state index is 11.5. The summed E-state index contributed by atoms with van der Waals surface area (Å²) >= 11 is 0. The van der Waals surface area contributed by atoms with E-state index in [9.17, 15) is 19.8 Å². The summed E-state index contributed by atoms with van der Waals surface area (Å²) in [5.41, 5.74) is 1.48. The first-order valence-corrected chi connectivity index (χ1v) is 7.90. The van der Waals surface area contributed by atoms with Crippen LogP contribution in [0.3, 0.4) is 0 Å². The van der Waals surface area contributed by atoms with Crippen LogP contribution in [-0.4, -0.2) is 47.3 Å². The van der Waals surface area contributed by atoms with Crippen molar-refractivity contribution in [3.05, 3.63) is 59.7 Å². The van der Waals surface area contributed by atoms with Gasteiger partial charge in [0.2, 0.25) is 6.04 Å². The number of nitrogens with zero attached hydrogens (tertiary/aromatic N) is 1. The number of aliphatic carboxylic acids is 2. The third-order valence-electron chi connectivity index (χ3n) is 3.93. The highest BCUT2D eigenvalue weighted by molar-refractivity contribution is 5.97. The molecule has 138 valence electrons. The predicted octanol–water partition coefficient (Wildman–Crippen LogP) is 2.24. The van der Waals surface area contributed by atoms with Crippen LogP contribution in [0.25, 0.3) is 0 Å². The van der Waals surface area contributed by atoms with Crippen LogP contribution in [0.15, 0.2) is 48.5 Å². The van der Waals surface area contributed by atoms with Crippen LogP contribution in [0.2, 0.25) is 0 Å². The number of ether oxygens (including phenoxy) is 2. The van der Waals surface area contributed by atoms with Crippen LogP contribution in [0.4, 0.5) is 0 Å². The Labute approximate surface area is 151 Å². The van der Waals surface area contributed by atoms with Crippen molar-refractivity contribution in [2.45, 2.75) is 19.1 Å². The minimum absolute atomic E-state index is 0.0886. The van der Waals surface area contributed by atoms with E-state index in [0.29, 0.717) is 17.1 Å². The Morgan fingerprint density at radius 1 is 0.962 bits per heavy atom. The molecule has 0 heterocycles. The summed E-state index contributed by atoms with van der Waals surface area (Å²) in [6.45, 7) is 0.255. The van der Waals surface area contributed by atoms with E-state index in [2.05, 4.69) is 0 Å². The lowest BCUT2D eigenvalue weighted by Gasteiger charge is -2.27. The highest BCUT2D eigenvalue weighted by Crippen LogP contribution is 2.27. The van der Waals surface area contributed by atoms with Gasteiger partial charge in [-0.15, -0.1) is 0 Å². The van der Waals surface area contributed by atoms with Gasteiger partial charge in [-0.3, -0.25) is 4.90 Å². The van der Waals surface area contributed by atoms with Crippen molar-refractivity contribution in [2.24, 2.45) is 0 Å². The molecule has 0 atom stereocenters. The van der Waals surface area contributed by atoms with Crippen LogP contribution in [0.1, 0.15) is 11.1 Å².